The minimum atomic E-state index is -4.09. The minimum absolute atomic E-state index is 0.0383. The fourth-order valence-electron chi connectivity index (χ4n) is 1.78. The van der Waals surface area contributed by atoms with E-state index in [1.807, 2.05) is 11.8 Å². The van der Waals surface area contributed by atoms with Crippen molar-refractivity contribution in [2.45, 2.75) is 31.8 Å². The lowest BCUT2D eigenvalue weighted by Crippen LogP contribution is -2.44. The fraction of sp³-hybridized carbons (Fsp3) is 1.00. The predicted molar refractivity (Wildman–Crippen MR) is 58.0 cm³/mol. The third-order valence-corrected chi connectivity index (χ3v) is 3.17. The smallest absolute Gasteiger partial charge is 0.330 e. The minimum Gasteiger partial charge on any atom is -0.392 e. The number of aliphatic hydroxyl groups excluding tert-OH is 1. The first-order chi connectivity index (χ1) is 8.33. The first-order valence-corrected chi connectivity index (χ1v) is 5.97. The molecule has 0 aliphatic carbocycles. The molecule has 0 aromatic rings. The monoisotopic (exact) mass is 273 g/mol. The van der Waals surface area contributed by atoms with Crippen LogP contribution in [0.4, 0.5) is 17.6 Å². The Kier molecular flexibility index (Phi) is 5.81. The quantitative estimate of drug-likeness (QED) is 0.589. The molecule has 18 heavy (non-hydrogen) atoms. The van der Waals surface area contributed by atoms with E-state index < -0.39 is 25.1 Å². The van der Waals surface area contributed by atoms with E-state index in [1.165, 1.54) is 0 Å². The predicted octanol–water partition coefficient (Wildman–Crippen LogP) is 1.61. The summed E-state index contributed by atoms with van der Waals surface area (Å²) in [6.07, 6.45) is -3.30. The summed E-state index contributed by atoms with van der Waals surface area (Å²) in [5.41, 5.74) is 0. The molecule has 1 N–H and O–H groups in total. The number of hydrogen-bond donors (Lipinski definition) is 1. The lowest BCUT2D eigenvalue weighted by Gasteiger charge is -2.34. The number of ether oxygens (including phenoxy) is 1. The highest BCUT2D eigenvalue weighted by atomic mass is 19.3. The van der Waals surface area contributed by atoms with Crippen LogP contribution >= 0.6 is 0 Å². The van der Waals surface area contributed by atoms with E-state index in [-0.39, 0.29) is 12.5 Å². The standard InChI is InChI=1S/C11H19F4NO2/c1-8-2-3-16(6-9(8)17)4-5-18-7-11(14,15)10(12)13/h8-10,17H,2-7H2,1H3/t8-,9-/m1/s1. The van der Waals surface area contributed by atoms with Crippen LogP contribution in [0, 0.1) is 5.92 Å². The van der Waals surface area contributed by atoms with Crippen molar-refractivity contribution in [3.8, 4) is 0 Å². The molecule has 0 unspecified atom stereocenters. The van der Waals surface area contributed by atoms with Crippen LogP contribution in [0.25, 0.3) is 0 Å². The maximum absolute atomic E-state index is 12.5. The lowest BCUT2D eigenvalue weighted by molar-refractivity contribution is -0.166. The summed E-state index contributed by atoms with van der Waals surface area (Å²) in [5, 5.41) is 9.61. The van der Waals surface area contributed by atoms with Crippen LogP contribution in [-0.2, 0) is 4.74 Å². The summed E-state index contributed by atoms with van der Waals surface area (Å²) >= 11 is 0. The molecule has 108 valence electrons. The second kappa shape index (κ2) is 6.68. The number of alkyl halides is 4. The molecule has 1 rings (SSSR count). The Balaban J connectivity index is 2.15. The van der Waals surface area contributed by atoms with Crippen LogP contribution < -0.4 is 0 Å². The topological polar surface area (TPSA) is 32.7 Å². The molecular formula is C11H19F4NO2. The van der Waals surface area contributed by atoms with Gasteiger partial charge in [-0.3, -0.25) is 4.90 Å². The Morgan fingerprint density at radius 1 is 1.44 bits per heavy atom. The average molecular weight is 273 g/mol. The summed E-state index contributed by atoms with van der Waals surface area (Å²) in [7, 11) is 0. The maximum atomic E-state index is 12.5. The molecule has 0 radical (unpaired) electrons. The fourth-order valence-corrected chi connectivity index (χ4v) is 1.78. The molecule has 0 amide bonds. The highest BCUT2D eigenvalue weighted by Crippen LogP contribution is 2.23. The zero-order valence-corrected chi connectivity index (χ0v) is 10.3. The number of halogens is 4. The lowest BCUT2D eigenvalue weighted by atomic mass is 9.96. The van der Waals surface area contributed by atoms with E-state index in [1.54, 1.807) is 0 Å². The third kappa shape index (κ3) is 4.70. The van der Waals surface area contributed by atoms with Crippen LogP contribution in [0.1, 0.15) is 13.3 Å². The summed E-state index contributed by atoms with van der Waals surface area (Å²) in [6, 6.07) is 0. The molecular weight excluding hydrogens is 254 g/mol. The number of nitrogens with zero attached hydrogens (tertiary/aromatic N) is 1. The molecule has 1 aliphatic heterocycles. The van der Waals surface area contributed by atoms with E-state index in [2.05, 4.69) is 4.74 Å². The first kappa shape index (κ1) is 15.7. The molecule has 0 bridgehead atoms. The molecule has 1 aliphatic rings. The molecule has 1 saturated heterocycles. The van der Waals surface area contributed by atoms with E-state index in [9.17, 15) is 22.7 Å². The van der Waals surface area contributed by atoms with Gasteiger partial charge in [-0.25, -0.2) is 8.78 Å². The number of aliphatic hydroxyl groups is 1. The van der Waals surface area contributed by atoms with Crippen molar-refractivity contribution in [2.75, 3.05) is 32.8 Å². The van der Waals surface area contributed by atoms with Gasteiger partial charge in [-0.05, 0) is 18.9 Å². The maximum Gasteiger partial charge on any atom is 0.330 e. The van der Waals surface area contributed by atoms with E-state index >= 15 is 0 Å². The van der Waals surface area contributed by atoms with Crippen LogP contribution in [-0.4, -0.2) is 61.3 Å². The second-order valence-electron chi connectivity index (χ2n) is 4.75. The highest BCUT2D eigenvalue weighted by molar-refractivity contribution is 4.77. The summed E-state index contributed by atoms with van der Waals surface area (Å²) in [4.78, 5) is 1.88. The zero-order chi connectivity index (χ0) is 13.8. The Bertz CT molecular complexity index is 253. The van der Waals surface area contributed by atoms with Gasteiger partial charge in [0.25, 0.3) is 0 Å². The van der Waals surface area contributed by atoms with Crippen LogP contribution in [0.2, 0.25) is 0 Å². The molecule has 2 atom stereocenters. The van der Waals surface area contributed by atoms with E-state index in [0.717, 1.165) is 13.0 Å². The van der Waals surface area contributed by atoms with Crippen molar-refractivity contribution in [2.24, 2.45) is 5.92 Å². The first-order valence-electron chi connectivity index (χ1n) is 5.97. The number of piperidine rings is 1. The molecule has 0 aromatic heterocycles. The van der Waals surface area contributed by atoms with Gasteiger partial charge in [-0.15, -0.1) is 0 Å². The average Bonchev–Trinajstić information content (AvgIpc) is 2.29. The largest absolute Gasteiger partial charge is 0.392 e. The van der Waals surface area contributed by atoms with Gasteiger partial charge in [0.15, 0.2) is 0 Å². The second-order valence-corrected chi connectivity index (χ2v) is 4.75. The molecule has 1 fully saturated rings. The van der Waals surface area contributed by atoms with Gasteiger partial charge < -0.3 is 9.84 Å². The van der Waals surface area contributed by atoms with Crippen molar-refractivity contribution in [1.82, 2.24) is 4.90 Å². The van der Waals surface area contributed by atoms with Crippen molar-refractivity contribution in [1.29, 1.82) is 0 Å². The van der Waals surface area contributed by atoms with Gasteiger partial charge in [0.1, 0.15) is 6.61 Å². The van der Waals surface area contributed by atoms with Crippen LogP contribution in [0.5, 0.6) is 0 Å². The molecule has 0 spiro atoms. The normalized spacial score (nSPS) is 26.8. The molecule has 0 aromatic carbocycles. The Hall–Kier alpha value is -0.400. The number of rotatable bonds is 6. The Morgan fingerprint density at radius 2 is 2.11 bits per heavy atom. The number of β-amino-alcohol motifs (C(OH)–C–C–N with tert-alkyl or cyclic N) is 1. The Morgan fingerprint density at radius 3 is 2.67 bits per heavy atom. The van der Waals surface area contributed by atoms with Gasteiger partial charge in [0.05, 0.1) is 12.7 Å². The highest BCUT2D eigenvalue weighted by Gasteiger charge is 2.40. The van der Waals surface area contributed by atoms with Gasteiger partial charge >= 0.3 is 12.3 Å². The molecule has 0 saturated carbocycles. The molecule has 3 nitrogen and oxygen atoms in total. The van der Waals surface area contributed by atoms with Crippen LogP contribution in [0.15, 0.2) is 0 Å². The number of likely N-dealkylation sites (tertiary alicyclic amines) is 1. The SMILES string of the molecule is C[C@@H]1CCN(CCOCC(F)(F)C(F)F)C[C@H]1O. The third-order valence-electron chi connectivity index (χ3n) is 3.17. The Labute approximate surface area is 104 Å². The van der Waals surface area contributed by atoms with Crippen molar-refractivity contribution < 1.29 is 27.4 Å². The van der Waals surface area contributed by atoms with Gasteiger partial charge in [0, 0.05) is 13.1 Å². The summed E-state index contributed by atoms with van der Waals surface area (Å²) in [5.74, 6) is -3.86. The van der Waals surface area contributed by atoms with E-state index in [0.29, 0.717) is 13.1 Å². The summed E-state index contributed by atoms with van der Waals surface area (Å²) in [6.45, 7) is 2.23. The van der Waals surface area contributed by atoms with E-state index in [4.69, 9.17) is 0 Å². The van der Waals surface area contributed by atoms with Crippen molar-refractivity contribution >= 4 is 0 Å². The van der Waals surface area contributed by atoms with Gasteiger partial charge in [-0.1, -0.05) is 6.92 Å². The summed E-state index contributed by atoms with van der Waals surface area (Å²) < 4.78 is 53.2. The zero-order valence-electron chi connectivity index (χ0n) is 10.3. The van der Waals surface area contributed by atoms with Crippen molar-refractivity contribution in [3.63, 3.8) is 0 Å². The molecule has 1 heterocycles. The van der Waals surface area contributed by atoms with Crippen LogP contribution in [0.3, 0.4) is 0 Å². The van der Waals surface area contributed by atoms with Gasteiger partial charge in [-0.2, -0.15) is 8.78 Å². The number of hydrogen-bond acceptors (Lipinski definition) is 3. The van der Waals surface area contributed by atoms with Crippen molar-refractivity contribution in [3.05, 3.63) is 0 Å². The molecule has 7 heteroatoms. The van der Waals surface area contributed by atoms with Gasteiger partial charge in [0.2, 0.25) is 0 Å².